The Labute approximate surface area is 134 Å². The van der Waals surface area contributed by atoms with Crippen molar-refractivity contribution in [2.45, 2.75) is 19.4 Å². The van der Waals surface area contributed by atoms with Gasteiger partial charge in [0, 0.05) is 23.0 Å². The van der Waals surface area contributed by atoms with Crippen LogP contribution < -0.4 is 5.32 Å². The molecule has 0 bridgehead atoms. The van der Waals surface area contributed by atoms with Crippen molar-refractivity contribution in [2.24, 2.45) is 0 Å². The normalized spacial score (nSPS) is 12.0. The highest BCUT2D eigenvalue weighted by atomic mass is 32.1. The van der Waals surface area contributed by atoms with Gasteiger partial charge >= 0.3 is 0 Å². The Kier molecular flexibility index (Phi) is 4.39. The summed E-state index contributed by atoms with van der Waals surface area (Å²) in [5.41, 5.74) is 2.22. The molecule has 3 aromatic rings. The maximum Gasteiger partial charge on any atom is 0.225 e. The average molecular weight is 310 g/mol. The third kappa shape index (κ3) is 3.46. The quantitative estimate of drug-likeness (QED) is 0.760. The Morgan fingerprint density at radius 1 is 1.14 bits per heavy atom. The van der Waals surface area contributed by atoms with E-state index in [2.05, 4.69) is 34.1 Å². The summed E-state index contributed by atoms with van der Waals surface area (Å²) in [5, 5.41) is 5.04. The van der Waals surface area contributed by atoms with Crippen LogP contribution in [0.2, 0.25) is 0 Å². The molecule has 0 radical (unpaired) electrons. The van der Waals surface area contributed by atoms with Gasteiger partial charge in [0.05, 0.1) is 12.5 Å². The van der Waals surface area contributed by atoms with Crippen molar-refractivity contribution in [1.82, 2.24) is 9.88 Å². The highest BCUT2D eigenvalue weighted by Crippen LogP contribution is 2.16. The molecule has 0 aliphatic carbocycles. The monoisotopic (exact) mass is 310 g/mol. The number of aromatic nitrogens is 1. The lowest BCUT2D eigenvalue weighted by Gasteiger charge is -2.15. The highest BCUT2D eigenvalue weighted by Gasteiger charge is 2.10. The minimum Gasteiger partial charge on any atom is -0.349 e. The van der Waals surface area contributed by atoms with Gasteiger partial charge in [0.1, 0.15) is 0 Å². The molecule has 0 saturated heterocycles. The third-order valence-corrected chi connectivity index (χ3v) is 4.46. The summed E-state index contributed by atoms with van der Waals surface area (Å²) < 4.78 is 2.06. The maximum atomic E-state index is 12.0. The van der Waals surface area contributed by atoms with Gasteiger partial charge in [-0.05, 0) is 48.2 Å². The largest absolute Gasteiger partial charge is 0.349 e. The summed E-state index contributed by atoms with van der Waals surface area (Å²) in [4.78, 5) is 13.1. The number of thiophene rings is 1. The molecule has 2 aromatic heterocycles. The van der Waals surface area contributed by atoms with Crippen LogP contribution in [0.3, 0.4) is 0 Å². The van der Waals surface area contributed by atoms with Crippen molar-refractivity contribution in [3.8, 4) is 5.69 Å². The van der Waals surface area contributed by atoms with E-state index in [1.54, 1.807) is 11.3 Å². The summed E-state index contributed by atoms with van der Waals surface area (Å²) in [7, 11) is 0. The van der Waals surface area contributed by atoms with Gasteiger partial charge in [0.25, 0.3) is 0 Å². The first kappa shape index (κ1) is 14.6. The summed E-state index contributed by atoms with van der Waals surface area (Å²) in [6.07, 6.45) is 4.48. The predicted molar refractivity (Wildman–Crippen MR) is 90.3 cm³/mol. The fourth-order valence-corrected chi connectivity index (χ4v) is 3.09. The maximum absolute atomic E-state index is 12.0. The highest BCUT2D eigenvalue weighted by molar-refractivity contribution is 7.10. The van der Waals surface area contributed by atoms with Crippen LogP contribution >= 0.6 is 11.3 Å². The van der Waals surface area contributed by atoms with Gasteiger partial charge in [0.15, 0.2) is 0 Å². The molecule has 0 spiro atoms. The van der Waals surface area contributed by atoms with Crippen molar-refractivity contribution < 1.29 is 4.79 Å². The van der Waals surface area contributed by atoms with Crippen molar-refractivity contribution >= 4 is 17.2 Å². The number of carbonyl (C=O) groups is 1. The van der Waals surface area contributed by atoms with Crippen molar-refractivity contribution in [1.29, 1.82) is 0 Å². The summed E-state index contributed by atoms with van der Waals surface area (Å²) >= 11 is 1.61. The lowest BCUT2D eigenvalue weighted by molar-refractivity contribution is -0.121. The standard InChI is InChI=1S/C18H18N2OS/c1-14(19-18(21)13-17-5-4-12-22-17)15-6-8-16(9-7-15)20-10-2-3-11-20/h2-12,14H,13H2,1H3,(H,19,21). The number of nitrogens with one attached hydrogen (secondary N) is 1. The number of nitrogens with zero attached hydrogens (tertiary/aromatic N) is 1. The van der Waals surface area contributed by atoms with Gasteiger partial charge in [-0.15, -0.1) is 11.3 Å². The molecule has 0 saturated carbocycles. The molecule has 0 aliphatic rings. The summed E-state index contributed by atoms with van der Waals surface area (Å²) in [6, 6.07) is 16.2. The van der Waals surface area contributed by atoms with E-state index in [9.17, 15) is 4.79 Å². The SMILES string of the molecule is CC(NC(=O)Cc1cccs1)c1ccc(-n2cccc2)cc1. The molecule has 3 rings (SSSR count). The second kappa shape index (κ2) is 6.62. The molecule has 2 heterocycles. The number of hydrogen-bond acceptors (Lipinski definition) is 2. The summed E-state index contributed by atoms with van der Waals surface area (Å²) in [6.45, 7) is 2.01. The Morgan fingerprint density at radius 2 is 1.86 bits per heavy atom. The zero-order valence-corrected chi connectivity index (χ0v) is 13.2. The first-order valence-electron chi connectivity index (χ1n) is 7.27. The first-order chi connectivity index (χ1) is 10.7. The van der Waals surface area contributed by atoms with Crippen LogP contribution in [-0.2, 0) is 11.2 Å². The topological polar surface area (TPSA) is 34.0 Å². The second-order valence-electron chi connectivity index (χ2n) is 5.23. The molecule has 1 N–H and O–H groups in total. The van der Waals surface area contributed by atoms with Crippen LogP contribution in [0.25, 0.3) is 5.69 Å². The van der Waals surface area contributed by atoms with Gasteiger partial charge < -0.3 is 9.88 Å². The Morgan fingerprint density at radius 3 is 2.50 bits per heavy atom. The molecule has 1 atom stereocenters. The molecular formula is C18H18N2OS. The molecule has 1 unspecified atom stereocenters. The van der Waals surface area contributed by atoms with Crippen LogP contribution in [0.4, 0.5) is 0 Å². The van der Waals surface area contributed by atoms with Crippen LogP contribution in [0.15, 0.2) is 66.3 Å². The molecule has 4 heteroatoms. The number of carbonyl (C=O) groups excluding carboxylic acids is 1. The first-order valence-corrected chi connectivity index (χ1v) is 8.15. The van der Waals surface area contributed by atoms with Crippen LogP contribution in [0, 0.1) is 0 Å². The Hall–Kier alpha value is -2.33. The smallest absolute Gasteiger partial charge is 0.225 e. The molecule has 0 fully saturated rings. The van der Waals surface area contributed by atoms with E-state index in [1.807, 2.05) is 49.0 Å². The molecule has 112 valence electrons. The van der Waals surface area contributed by atoms with Gasteiger partial charge in [-0.2, -0.15) is 0 Å². The van der Waals surface area contributed by atoms with Gasteiger partial charge in [-0.1, -0.05) is 18.2 Å². The van der Waals surface area contributed by atoms with E-state index in [0.717, 1.165) is 16.1 Å². The van der Waals surface area contributed by atoms with Crippen molar-refractivity contribution in [3.63, 3.8) is 0 Å². The van der Waals surface area contributed by atoms with Crippen LogP contribution in [0.1, 0.15) is 23.4 Å². The summed E-state index contributed by atoms with van der Waals surface area (Å²) in [5.74, 6) is 0.0597. The minimum absolute atomic E-state index is 0.00572. The molecule has 22 heavy (non-hydrogen) atoms. The molecule has 1 aromatic carbocycles. The fourth-order valence-electron chi connectivity index (χ4n) is 2.39. The molecule has 3 nitrogen and oxygen atoms in total. The number of benzene rings is 1. The van der Waals surface area contributed by atoms with Gasteiger partial charge in [-0.25, -0.2) is 0 Å². The second-order valence-corrected chi connectivity index (χ2v) is 6.26. The lowest BCUT2D eigenvalue weighted by atomic mass is 10.1. The van der Waals surface area contributed by atoms with Crippen molar-refractivity contribution in [3.05, 3.63) is 76.7 Å². The Balaban J connectivity index is 1.62. The number of rotatable bonds is 5. The fraction of sp³-hybridized carbons (Fsp3) is 0.167. The van der Waals surface area contributed by atoms with E-state index >= 15 is 0 Å². The van der Waals surface area contributed by atoms with Gasteiger partial charge in [-0.3, -0.25) is 4.79 Å². The zero-order chi connectivity index (χ0) is 15.4. The van der Waals surface area contributed by atoms with Crippen LogP contribution in [-0.4, -0.2) is 10.5 Å². The molecular weight excluding hydrogens is 292 g/mol. The third-order valence-electron chi connectivity index (χ3n) is 3.59. The lowest BCUT2D eigenvalue weighted by Crippen LogP contribution is -2.27. The molecule has 1 amide bonds. The van der Waals surface area contributed by atoms with E-state index in [-0.39, 0.29) is 11.9 Å². The zero-order valence-electron chi connectivity index (χ0n) is 12.4. The van der Waals surface area contributed by atoms with E-state index in [4.69, 9.17) is 0 Å². The number of amides is 1. The van der Waals surface area contributed by atoms with E-state index < -0.39 is 0 Å². The Bertz CT molecular complexity index is 715. The van der Waals surface area contributed by atoms with Crippen LogP contribution in [0.5, 0.6) is 0 Å². The minimum atomic E-state index is 0.00572. The predicted octanol–water partition coefficient (Wildman–Crippen LogP) is 3.96. The number of hydrogen-bond donors (Lipinski definition) is 1. The van der Waals surface area contributed by atoms with E-state index in [0.29, 0.717) is 6.42 Å². The van der Waals surface area contributed by atoms with E-state index in [1.165, 1.54) is 0 Å². The molecule has 0 aliphatic heterocycles. The average Bonchev–Trinajstić information content (AvgIpc) is 3.20. The van der Waals surface area contributed by atoms with Crippen molar-refractivity contribution in [2.75, 3.05) is 0 Å². The van der Waals surface area contributed by atoms with Gasteiger partial charge in [0.2, 0.25) is 5.91 Å².